The summed E-state index contributed by atoms with van der Waals surface area (Å²) in [5.41, 5.74) is 6.89. The fraction of sp³-hybridized carbons (Fsp3) is 0.538. The van der Waals surface area contributed by atoms with E-state index in [9.17, 15) is 0 Å². The summed E-state index contributed by atoms with van der Waals surface area (Å²) in [5, 5.41) is 0.784. The number of nitrogens with zero attached hydrogens (tertiary/aromatic N) is 1. The first-order valence-corrected chi connectivity index (χ1v) is 6.34. The Labute approximate surface area is 107 Å². The monoisotopic (exact) mass is 254 g/mol. The van der Waals surface area contributed by atoms with Crippen LogP contribution >= 0.6 is 11.6 Å². The molecule has 4 heteroatoms. The van der Waals surface area contributed by atoms with Gasteiger partial charge in [-0.15, -0.1) is 0 Å². The molecule has 0 aliphatic carbocycles. The molecule has 0 saturated carbocycles. The topological polar surface area (TPSA) is 38.5 Å². The molecule has 1 fully saturated rings. The van der Waals surface area contributed by atoms with Crippen LogP contribution in [0.3, 0.4) is 0 Å². The van der Waals surface area contributed by atoms with E-state index in [-0.39, 0.29) is 5.54 Å². The highest BCUT2D eigenvalue weighted by Gasteiger charge is 2.34. The summed E-state index contributed by atoms with van der Waals surface area (Å²) in [7, 11) is 0. The molecule has 0 amide bonds. The Morgan fingerprint density at radius 2 is 2.00 bits per heavy atom. The van der Waals surface area contributed by atoms with Crippen LogP contribution in [-0.4, -0.2) is 37.7 Å². The third-order valence-electron chi connectivity index (χ3n) is 3.56. The standard InChI is InChI=1S/C13H19ClN2O/c1-13(10-15,16-6-8-17-9-7-16)11-4-2-3-5-12(11)14/h2-5H,6-10,15H2,1H3. The van der Waals surface area contributed by atoms with Gasteiger partial charge >= 0.3 is 0 Å². The lowest BCUT2D eigenvalue weighted by Gasteiger charge is -2.43. The molecular formula is C13H19ClN2O. The number of morpholine rings is 1. The molecule has 1 aromatic rings. The second-order valence-corrected chi connectivity index (χ2v) is 4.96. The minimum absolute atomic E-state index is 0.206. The maximum Gasteiger partial charge on any atom is 0.0594 e. The number of hydrogen-bond acceptors (Lipinski definition) is 3. The van der Waals surface area contributed by atoms with Gasteiger partial charge in [0.15, 0.2) is 0 Å². The maximum atomic E-state index is 6.29. The normalized spacial score (nSPS) is 21.1. The molecule has 0 bridgehead atoms. The molecule has 2 rings (SSSR count). The van der Waals surface area contributed by atoms with Gasteiger partial charge in [0.1, 0.15) is 0 Å². The van der Waals surface area contributed by atoms with E-state index in [0.29, 0.717) is 6.54 Å². The highest BCUT2D eigenvalue weighted by atomic mass is 35.5. The molecule has 1 aliphatic heterocycles. The Morgan fingerprint density at radius 3 is 2.59 bits per heavy atom. The van der Waals surface area contributed by atoms with E-state index < -0.39 is 0 Å². The van der Waals surface area contributed by atoms with Gasteiger partial charge in [-0.05, 0) is 18.6 Å². The van der Waals surface area contributed by atoms with Gasteiger partial charge in [-0.1, -0.05) is 29.8 Å². The van der Waals surface area contributed by atoms with Gasteiger partial charge in [0, 0.05) is 24.7 Å². The minimum atomic E-state index is -0.206. The van der Waals surface area contributed by atoms with E-state index in [1.165, 1.54) is 0 Å². The SMILES string of the molecule is CC(CN)(c1ccccc1Cl)N1CCOCC1. The van der Waals surface area contributed by atoms with Crippen molar-refractivity contribution in [3.63, 3.8) is 0 Å². The number of halogens is 1. The summed E-state index contributed by atoms with van der Waals surface area (Å²) in [6, 6.07) is 7.94. The summed E-state index contributed by atoms with van der Waals surface area (Å²) in [5.74, 6) is 0. The van der Waals surface area contributed by atoms with E-state index >= 15 is 0 Å². The molecule has 1 aromatic carbocycles. The van der Waals surface area contributed by atoms with Crippen molar-refractivity contribution in [2.45, 2.75) is 12.5 Å². The van der Waals surface area contributed by atoms with Crippen molar-refractivity contribution in [2.24, 2.45) is 5.73 Å². The molecule has 17 heavy (non-hydrogen) atoms. The first-order chi connectivity index (χ1) is 8.18. The Kier molecular flexibility index (Phi) is 4.05. The van der Waals surface area contributed by atoms with Gasteiger partial charge in [-0.2, -0.15) is 0 Å². The number of benzene rings is 1. The lowest BCUT2D eigenvalue weighted by molar-refractivity contribution is -0.0152. The lowest BCUT2D eigenvalue weighted by atomic mass is 9.89. The van der Waals surface area contributed by atoms with E-state index in [1.807, 2.05) is 18.2 Å². The molecule has 1 saturated heterocycles. The second-order valence-electron chi connectivity index (χ2n) is 4.56. The highest BCUT2D eigenvalue weighted by Crippen LogP contribution is 2.32. The Hall–Kier alpha value is -0.610. The van der Waals surface area contributed by atoms with Gasteiger partial charge < -0.3 is 10.5 Å². The summed E-state index contributed by atoms with van der Waals surface area (Å²) < 4.78 is 5.39. The molecule has 0 aromatic heterocycles. The zero-order valence-corrected chi connectivity index (χ0v) is 10.9. The van der Waals surface area contributed by atoms with Gasteiger partial charge in [0.25, 0.3) is 0 Å². The fourth-order valence-corrected chi connectivity index (χ4v) is 2.70. The number of ether oxygens (including phenoxy) is 1. The Bertz CT molecular complexity index is 379. The average molecular weight is 255 g/mol. The molecule has 1 heterocycles. The summed E-state index contributed by atoms with van der Waals surface area (Å²) >= 11 is 6.29. The van der Waals surface area contributed by atoms with Crippen LogP contribution in [0.2, 0.25) is 5.02 Å². The zero-order valence-electron chi connectivity index (χ0n) is 10.2. The van der Waals surface area contributed by atoms with Crippen molar-refractivity contribution in [1.29, 1.82) is 0 Å². The van der Waals surface area contributed by atoms with E-state index in [4.69, 9.17) is 22.1 Å². The van der Waals surface area contributed by atoms with Crippen molar-refractivity contribution in [2.75, 3.05) is 32.8 Å². The summed E-state index contributed by atoms with van der Waals surface area (Å²) in [6.07, 6.45) is 0. The van der Waals surface area contributed by atoms with Crippen molar-refractivity contribution >= 4 is 11.6 Å². The van der Waals surface area contributed by atoms with Crippen LogP contribution in [0.15, 0.2) is 24.3 Å². The lowest BCUT2D eigenvalue weighted by Crippen LogP contribution is -2.53. The van der Waals surface area contributed by atoms with Crippen molar-refractivity contribution in [3.05, 3.63) is 34.9 Å². The first kappa shape index (κ1) is 12.8. The molecule has 1 aliphatic rings. The molecule has 1 unspecified atom stereocenters. The fourth-order valence-electron chi connectivity index (χ4n) is 2.36. The number of rotatable bonds is 3. The van der Waals surface area contributed by atoms with Crippen molar-refractivity contribution in [1.82, 2.24) is 4.90 Å². The third-order valence-corrected chi connectivity index (χ3v) is 3.89. The first-order valence-electron chi connectivity index (χ1n) is 5.96. The Morgan fingerprint density at radius 1 is 1.35 bits per heavy atom. The molecule has 0 spiro atoms. The Balaban J connectivity index is 2.32. The zero-order chi connectivity index (χ0) is 12.3. The second kappa shape index (κ2) is 5.36. The molecule has 0 radical (unpaired) electrons. The highest BCUT2D eigenvalue weighted by molar-refractivity contribution is 6.31. The van der Waals surface area contributed by atoms with Crippen LogP contribution in [-0.2, 0) is 10.3 Å². The van der Waals surface area contributed by atoms with Gasteiger partial charge in [-0.3, -0.25) is 4.90 Å². The predicted octanol–water partition coefficient (Wildman–Crippen LogP) is 1.85. The molecule has 1 atom stereocenters. The quantitative estimate of drug-likeness (QED) is 0.895. The van der Waals surface area contributed by atoms with Gasteiger partial charge in [0.2, 0.25) is 0 Å². The largest absolute Gasteiger partial charge is 0.379 e. The summed E-state index contributed by atoms with van der Waals surface area (Å²) in [6.45, 7) is 6.04. The minimum Gasteiger partial charge on any atom is -0.379 e. The van der Waals surface area contributed by atoms with Crippen LogP contribution in [0, 0.1) is 0 Å². The van der Waals surface area contributed by atoms with Crippen LogP contribution in [0.25, 0.3) is 0 Å². The van der Waals surface area contributed by atoms with E-state index in [0.717, 1.165) is 36.9 Å². The van der Waals surface area contributed by atoms with Crippen molar-refractivity contribution in [3.8, 4) is 0 Å². The number of hydrogen-bond donors (Lipinski definition) is 1. The van der Waals surface area contributed by atoms with E-state index in [2.05, 4.69) is 17.9 Å². The van der Waals surface area contributed by atoms with E-state index in [1.54, 1.807) is 0 Å². The average Bonchev–Trinajstić information content (AvgIpc) is 2.39. The van der Waals surface area contributed by atoms with Crippen LogP contribution in [0.1, 0.15) is 12.5 Å². The molecule has 3 nitrogen and oxygen atoms in total. The van der Waals surface area contributed by atoms with Crippen molar-refractivity contribution < 1.29 is 4.74 Å². The number of nitrogens with two attached hydrogens (primary N) is 1. The molecule has 2 N–H and O–H groups in total. The van der Waals surface area contributed by atoms with Gasteiger partial charge in [-0.25, -0.2) is 0 Å². The van der Waals surface area contributed by atoms with Gasteiger partial charge in [0.05, 0.1) is 18.8 Å². The molecule has 94 valence electrons. The summed E-state index contributed by atoms with van der Waals surface area (Å²) in [4.78, 5) is 2.36. The maximum absolute atomic E-state index is 6.29. The third kappa shape index (κ3) is 2.47. The predicted molar refractivity (Wildman–Crippen MR) is 70.3 cm³/mol. The van der Waals surface area contributed by atoms with Crippen LogP contribution in [0.4, 0.5) is 0 Å². The molecular weight excluding hydrogens is 236 g/mol. The smallest absolute Gasteiger partial charge is 0.0594 e. The van der Waals surface area contributed by atoms with Crippen LogP contribution in [0.5, 0.6) is 0 Å². The van der Waals surface area contributed by atoms with Crippen LogP contribution < -0.4 is 5.73 Å².